The number of sulfonamides is 1. The van der Waals surface area contributed by atoms with Crippen molar-refractivity contribution in [3.05, 3.63) is 59.7 Å². The lowest BCUT2D eigenvalue weighted by atomic mass is 10.1. The first kappa shape index (κ1) is 20.9. The van der Waals surface area contributed by atoms with Gasteiger partial charge in [-0.1, -0.05) is 30.3 Å². The van der Waals surface area contributed by atoms with E-state index in [9.17, 15) is 18.3 Å². The molecule has 0 aliphatic carbocycles. The Hall–Kier alpha value is -2.42. The number of ether oxygens (including phenoxy) is 1. The number of methoxy groups -OCH3 is 1. The Kier molecular flexibility index (Phi) is 6.95. The molecule has 2 rings (SSSR count). The Morgan fingerprint density at radius 3 is 2.41 bits per heavy atom. The van der Waals surface area contributed by atoms with Crippen LogP contribution in [0.4, 0.5) is 5.69 Å². The van der Waals surface area contributed by atoms with Crippen LogP contribution in [0.2, 0.25) is 0 Å². The zero-order valence-electron chi connectivity index (χ0n) is 15.5. The van der Waals surface area contributed by atoms with Crippen molar-refractivity contribution in [2.45, 2.75) is 30.8 Å². The van der Waals surface area contributed by atoms with Crippen molar-refractivity contribution in [2.24, 2.45) is 0 Å². The van der Waals surface area contributed by atoms with Gasteiger partial charge in [0.25, 0.3) is 0 Å². The van der Waals surface area contributed by atoms with E-state index in [2.05, 4.69) is 10.0 Å². The van der Waals surface area contributed by atoms with Crippen LogP contribution in [0.25, 0.3) is 0 Å². The maximum Gasteiger partial charge on any atom is 0.335 e. The Bertz CT molecular complexity index is 884. The molecule has 0 heterocycles. The van der Waals surface area contributed by atoms with Gasteiger partial charge >= 0.3 is 5.97 Å². The van der Waals surface area contributed by atoms with Crippen LogP contribution in [0.3, 0.4) is 0 Å². The number of hydrogen-bond donors (Lipinski definition) is 3. The second-order valence-electron chi connectivity index (χ2n) is 6.27. The van der Waals surface area contributed by atoms with Crippen molar-refractivity contribution in [1.29, 1.82) is 0 Å². The second kappa shape index (κ2) is 8.98. The Balaban J connectivity index is 2.41. The summed E-state index contributed by atoms with van der Waals surface area (Å²) < 4.78 is 33.1. The Morgan fingerprint density at radius 1 is 1.15 bits per heavy atom. The number of carboxylic acid groups (broad SMARTS) is 1. The summed E-state index contributed by atoms with van der Waals surface area (Å²) in [6, 6.07) is 12.9. The summed E-state index contributed by atoms with van der Waals surface area (Å²) in [6.45, 7) is 3.76. The lowest BCUT2D eigenvalue weighted by Crippen LogP contribution is -2.36. The highest BCUT2D eigenvalue weighted by atomic mass is 32.2. The summed E-state index contributed by atoms with van der Waals surface area (Å²) >= 11 is 0. The van der Waals surface area contributed by atoms with Gasteiger partial charge in [-0.15, -0.1) is 0 Å². The van der Waals surface area contributed by atoms with Gasteiger partial charge in [0.15, 0.2) is 0 Å². The van der Waals surface area contributed by atoms with Crippen molar-refractivity contribution in [3.63, 3.8) is 0 Å². The summed E-state index contributed by atoms with van der Waals surface area (Å²) in [7, 11) is -2.48. The molecule has 0 bridgehead atoms. The molecule has 0 fully saturated rings. The van der Waals surface area contributed by atoms with Crippen LogP contribution in [0.1, 0.15) is 35.8 Å². The quantitative estimate of drug-likeness (QED) is 0.606. The molecule has 0 saturated carbocycles. The molecule has 2 aromatic carbocycles. The largest absolute Gasteiger partial charge is 0.478 e. The normalized spacial score (nSPS) is 13.7. The number of nitrogens with one attached hydrogen (secondary N) is 2. The lowest BCUT2D eigenvalue weighted by molar-refractivity contribution is 0.0696. The summed E-state index contributed by atoms with van der Waals surface area (Å²) in [5.74, 6) is -1.20. The molecular formula is C19H24N2O5S. The van der Waals surface area contributed by atoms with Gasteiger partial charge in [0.2, 0.25) is 10.0 Å². The van der Waals surface area contributed by atoms with E-state index in [-0.39, 0.29) is 23.1 Å². The zero-order chi connectivity index (χ0) is 20.0. The van der Waals surface area contributed by atoms with Crippen LogP contribution in [0, 0.1) is 0 Å². The molecule has 146 valence electrons. The first-order valence-electron chi connectivity index (χ1n) is 8.44. The summed E-state index contributed by atoms with van der Waals surface area (Å²) in [6.07, 6.45) is 0. The van der Waals surface area contributed by atoms with Crippen molar-refractivity contribution >= 4 is 21.7 Å². The topological polar surface area (TPSA) is 105 Å². The first-order chi connectivity index (χ1) is 12.7. The van der Waals surface area contributed by atoms with Crippen molar-refractivity contribution < 1.29 is 23.1 Å². The molecule has 2 aromatic rings. The van der Waals surface area contributed by atoms with E-state index in [0.717, 1.165) is 11.6 Å². The van der Waals surface area contributed by atoms with E-state index in [1.807, 2.05) is 37.3 Å². The highest BCUT2D eigenvalue weighted by Crippen LogP contribution is 2.27. The second-order valence-corrected chi connectivity index (χ2v) is 7.95. The number of rotatable bonds is 9. The molecule has 0 aliphatic rings. The van der Waals surface area contributed by atoms with Gasteiger partial charge in [-0.3, -0.25) is 0 Å². The zero-order valence-corrected chi connectivity index (χ0v) is 16.3. The predicted molar refractivity (Wildman–Crippen MR) is 104 cm³/mol. The fourth-order valence-electron chi connectivity index (χ4n) is 2.67. The van der Waals surface area contributed by atoms with Crippen LogP contribution < -0.4 is 10.0 Å². The molecule has 27 heavy (non-hydrogen) atoms. The molecule has 0 spiro atoms. The number of carbonyl (C=O) groups is 1. The Morgan fingerprint density at radius 2 is 1.81 bits per heavy atom. The lowest BCUT2D eigenvalue weighted by Gasteiger charge is -2.20. The first-order valence-corrected chi connectivity index (χ1v) is 9.93. The monoisotopic (exact) mass is 392 g/mol. The van der Waals surface area contributed by atoms with E-state index < -0.39 is 22.0 Å². The molecule has 8 heteroatoms. The number of anilines is 1. The van der Waals surface area contributed by atoms with Gasteiger partial charge in [-0.05, 0) is 37.6 Å². The van der Waals surface area contributed by atoms with E-state index in [0.29, 0.717) is 5.69 Å². The van der Waals surface area contributed by atoms with E-state index in [1.54, 1.807) is 6.92 Å². The number of carboxylic acids is 1. The maximum atomic E-state index is 12.8. The van der Waals surface area contributed by atoms with Crippen LogP contribution in [0.15, 0.2) is 53.4 Å². The SMILES string of the molecule is COC[C@H](C)NS(=O)(=O)c1cc(C(=O)O)ccc1N[C@H](C)c1ccccc1. The Labute approximate surface area is 159 Å². The fraction of sp³-hybridized carbons (Fsp3) is 0.316. The molecule has 7 nitrogen and oxygen atoms in total. The van der Waals surface area contributed by atoms with Crippen molar-refractivity contribution in [1.82, 2.24) is 4.72 Å². The van der Waals surface area contributed by atoms with Gasteiger partial charge in [0.05, 0.1) is 17.9 Å². The number of benzene rings is 2. The number of aromatic carboxylic acids is 1. The van der Waals surface area contributed by atoms with E-state index in [1.165, 1.54) is 19.2 Å². The average molecular weight is 392 g/mol. The van der Waals surface area contributed by atoms with Gasteiger partial charge in [-0.25, -0.2) is 17.9 Å². The molecule has 0 amide bonds. The van der Waals surface area contributed by atoms with Crippen LogP contribution in [-0.2, 0) is 14.8 Å². The van der Waals surface area contributed by atoms with Gasteiger partial charge in [0.1, 0.15) is 4.90 Å². The molecule has 0 saturated heterocycles. The molecule has 0 aromatic heterocycles. The van der Waals surface area contributed by atoms with Crippen LogP contribution in [-0.4, -0.2) is 39.3 Å². The minimum Gasteiger partial charge on any atom is -0.478 e. The fourth-order valence-corrected chi connectivity index (χ4v) is 4.09. The standard InChI is InChI=1S/C19H24N2O5S/c1-13(12-26-3)21-27(24,25)18-11-16(19(22)23)9-10-17(18)20-14(2)15-7-5-4-6-8-15/h4-11,13-14,20-21H,12H2,1-3H3,(H,22,23)/t13-,14+/m0/s1. The smallest absolute Gasteiger partial charge is 0.335 e. The molecule has 3 N–H and O–H groups in total. The molecule has 2 atom stereocenters. The summed E-state index contributed by atoms with van der Waals surface area (Å²) in [5.41, 5.74) is 1.20. The highest BCUT2D eigenvalue weighted by Gasteiger charge is 2.23. The molecular weight excluding hydrogens is 368 g/mol. The third-order valence-electron chi connectivity index (χ3n) is 3.96. The minimum absolute atomic E-state index is 0.104. The predicted octanol–water partition coefficient (Wildman–Crippen LogP) is 2.87. The van der Waals surface area contributed by atoms with Crippen molar-refractivity contribution in [3.8, 4) is 0 Å². The van der Waals surface area contributed by atoms with Gasteiger partial charge in [0, 0.05) is 19.2 Å². The summed E-state index contributed by atoms with van der Waals surface area (Å²) in [5, 5.41) is 12.4. The molecule has 0 aliphatic heterocycles. The minimum atomic E-state index is -3.95. The summed E-state index contributed by atoms with van der Waals surface area (Å²) in [4.78, 5) is 11.2. The van der Waals surface area contributed by atoms with E-state index >= 15 is 0 Å². The van der Waals surface area contributed by atoms with Gasteiger partial charge in [-0.2, -0.15) is 0 Å². The van der Waals surface area contributed by atoms with Crippen LogP contribution in [0.5, 0.6) is 0 Å². The van der Waals surface area contributed by atoms with E-state index in [4.69, 9.17) is 4.74 Å². The molecule has 0 unspecified atom stereocenters. The maximum absolute atomic E-state index is 12.8. The number of hydrogen-bond acceptors (Lipinski definition) is 5. The van der Waals surface area contributed by atoms with Crippen LogP contribution >= 0.6 is 0 Å². The van der Waals surface area contributed by atoms with Crippen molar-refractivity contribution in [2.75, 3.05) is 19.0 Å². The molecule has 0 radical (unpaired) electrons. The average Bonchev–Trinajstić information content (AvgIpc) is 2.62. The highest BCUT2D eigenvalue weighted by molar-refractivity contribution is 7.89. The third-order valence-corrected chi connectivity index (χ3v) is 5.59. The van der Waals surface area contributed by atoms with Gasteiger partial charge < -0.3 is 15.2 Å². The third kappa shape index (κ3) is 5.53.